The first-order valence-electron chi connectivity index (χ1n) is 5.85. The molecule has 3 N–H and O–H groups in total. The number of nitrogens with one attached hydrogen (secondary N) is 1. The lowest BCUT2D eigenvalue weighted by Crippen LogP contribution is -2.06. The van der Waals surface area contributed by atoms with Gasteiger partial charge in [-0.2, -0.15) is 9.97 Å². The molecular formula is C10H14N6O. The number of nitrogens with zero attached hydrogens (tertiary/aromatic N) is 4. The second kappa shape index (κ2) is 4.15. The molecule has 7 heteroatoms. The van der Waals surface area contributed by atoms with Crippen LogP contribution in [0.2, 0.25) is 0 Å². The summed E-state index contributed by atoms with van der Waals surface area (Å²) in [5, 5.41) is 10.4. The van der Waals surface area contributed by atoms with E-state index in [1.165, 1.54) is 19.3 Å². The molecule has 0 atom stereocenters. The lowest BCUT2D eigenvalue weighted by molar-refractivity contribution is 0.384. The van der Waals surface area contributed by atoms with Crippen molar-refractivity contribution >= 4 is 5.95 Å². The molecule has 0 spiro atoms. The summed E-state index contributed by atoms with van der Waals surface area (Å²) in [6, 6.07) is 0. The Morgan fingerprint density at radius 1 is 1.18 bits per heavy atom. The summed E-state index contributed by atoms with van der Waals surface area (Å²) in [4.78, 5) is 8.30. The molecule has 3 rings (SSSR count). The number of nitrogen functional groups attached to an aromatic ring is 1. The first-order valence-corrected chi connectivity index (χ1v) is 5.85. The van der Waals surface area contributed by atoms with E-state index in [9.17, 15) is 0 Å². The Morgan fingerprint density at radius 3 is 2.71 bits per heavy atom. The Bertz CT molecular complexity index is 498. The van der Waals surface area contributed by atoms with Crippen LogP contribution in [0, 0.1) is 0 Å². The molecule has 0 aromatic carbocycles. The number of nitrogens with two attached hydrogens (primary N) is 1. The Kier molecular flexibility index (Phi) is 2.50. The van der Waals surface area contributed by atoms with Crippen LogP contribution in [0.1, 0.15) is 43.8 Å². The van der Waals surface area contributed by atoms with Gasteiger partial charge < -0.3 is 10.3 Å². The molecule has 2 heterocycles. The van der Waals surface area contributed by atoms with Crippen molar-refractivity contribution in [2.24, 2.45) is 0 Å². The molecule has 2 aromatic rings. The molecule has 1 fully saturated rings. The van der Waals surface area contributed by atoms with Crippen LogP contribution in [-0.4, -0.2) is 25.3 Å². The molecule has 0 unspecified atom stereocenters. The maximum Gasteiger partial charge on any atom is 0.295 e. The summed E-state index contributed by atoms with van der Waals surface area (Å²) in [6.07, 6.45) is 6.06. The molecule has 0 saturated heterocycles. The third-order valence-electron chi connectivity index (χ3n) is 3.12. The summed E-state index contributed by atoms with van der Waals surface area (Å²) in [7, 11) is 0. The molecule has 1 saturated carbocycles. The SMILES string of the molecule is Nc1n[nH]c(-c2nc(C3CCCCC3)no2)n1. The van der Waals surface area contributed by atoms with Crippen molar-refractivity contribution in [3.05, 3.63) is 5.82 Å². The number of aromatic nitrogens is 5. The van der Waals surface area contributed by atoms with E-state index in [1.807, 2.05) is 0 Å². The van der Waals surface area contributed by atoms with Crippen LogP contribution in [0.3, 0.4) is 0 Å². The Morgan fingerprint density at radius 2 is 2.00 bits per heavy atom. The molecular weight excluding hydrogens is 220 g/mol. The largest absolute Gasteiger partial charge is 0.366 e. The van der Waals surface area contributed by atoms with Gasteiger partial charge in [-0.25, -0.2) is 0 Å². The van der Waals surface area contributed by atoms with Gasteiger partial charge in [-0.05, 0) is 12.8 Å². The molecule has 90 valence electrons. The van der Waals surface area contributed by atoms with E-state index in [4.69, 9.17) is 10.3 Å². The zero-order valence-electron chi connectivity index (χ0n) is 9.39. The highest BCUT2D eigenvalue weighted by atomic mass is 16.5. The van der Waals surface area contributed by atoms with Gasteiger partial charge in [-0.15, -0.1) is 5.10 Å². The van der Waals surface area contributed by atoms with Gasteiger partial charge in [0, 0.05) is 5.92 Å². The fourth-order valence-corrected chi connectivity index (χ4v) is 2.23. The number of anilines is 1. The molecule has 0 aliphatic heterocycles. The van der Waals surface area contributed by atoms with E-state index >= 15 is 0 Å². The summed E-state index contributed by atoms with van der Waals surface area (Å²) >= 11 is 0. The van der Waals surface area contributed by atoms with Crippen LogP contribution >= 0.6 is 0 Å². The predicted molar refractivity (Wildman–Crippen MR) is 59.9 cm³/mol. The smallest absolute Gasteiger partial charge is 0.295 e. The van der Waals surface area contributed by atoms with E-state index in [1.54, 1.807) is 0 Å². The molecule has 1 aliphatic rings. The maximum absolute atomic E-state index is 5.42. The number of hydrogen-bond acceptors (Lipinski definition) is 6. The Balaban J connectivity index is 1.82. The minimum absolute atomic E-state index is 0.178. The van der Waals surface area contributed by atoms with Gasteiger partial charge in [-0.1, -0.05) is 24.4 Å². The van der Waals surface area contributed by atoms with E-state index in [0.717, 1.165) is 18.7 Å². The van der Waals surface area contributed by atoms with Gasteiger partial charge in [0.25, 0.3) is 5.89 Å². The van der Waals surface area contributed by atoms with Gasteiger partial charge in [0.2, 0.25) is 11.8 Å². The Hall–Kier alpha value is -1.92. The van der Waals surface area contributed by atoms with Gasteiger partial charge in [0.05, 0.1) is 0 Å². The topological polar surface area (TPSA) is 107 Å². The van der Waals surface area contributed by atoms with E-state index < -0.39 is 0 Å². The van der Waals surface area contributed by atoms with Crippen molar-refractivity contribution in [1.29, 1.82) is 0 Å². The zero-order chi connectivity index (χ0) is 11.7. The number of hydrogen-bond donors (Lipinski definition) is 2. The van der Waals surface area contributed by atoms with Gasteiger partial charge in [-0.3, -0.25) is 5.10 Å². The van der Waals surface area contributed by atoms with Crippen molar-refractivity contribution in [2.45, 2.75) is 38.0 Å². The van der Waals surface area contributed by atoms with Crippen molar-refractivity contribution < 1.29 is 4.52 Å². The van der Waals surface area contributed by atoms with E-state index in [2.05, 4.69) is 25.3 Å². The first-order chi connectivity index (χ1) is 8.33. The normalized spacial score (nSPS) is 17.4. The minimum atomic E-state index is 0.178. The van der Waals surface area contributed by atoms with Gasteiger partial charge >= 0.3 is 0 Å². The fourth-order valence-electron chi connectivity index (χ4n) is 2.23. The highest BCUT2D eigenvalue weighted by Crippen LogP contribution is 2.31. The fraction of sp³-hybridized carbons (Fsp3) is 0.600. The average Bonchev–Trinajstić information content (AvgIpc) is 2.98. The predicted octanol–water partition coefficient (Wildman–Crippen LogP) is 1.48. The number of H-pyrrole nitrogens is 1. The Labute approximate surface area is 97.8 Å². The van der Waals surface area contributed by atoms with Crippen LogP contribution in [0.25, 0.3) is 11.7 Å². The second-order valence-corrected chi connectivity index (χ2v) is 4.33. The summed E-state index contributed by atoms with van der Waals surface area (Å²) in [5.41, 5.74) is 5.42. The monoisotopic (exact) mass is 234 g/mol. The zero-order valence-corrected chi connectivity index (χ0v) is 9.39. The van der Waals surface area contributed by atoms with Crippen LogP contribution in [-0.2, 0) is 0 Å². The van der Waals surface area contributed by atoms with Gasteiger partial charge in [0.15, 0.2) is 5.82 Å². The highest BCUT2D eigenvalue weighted by molar-refractivity contribution is 5.41. The first kappa shape index (κ1) is 10.2. The number of rotatable bonds is 2. The van der Waals surface area contributed by atoms with Crippen LogP contribution in [0.15, 0.2) is 4.52 Å². The average molecular weight is 234 g/mol. The molecule has 7 nitrogen and oxygen atoms in total. The van der Waals surface area contributed by atoms with E-state index in [-0.39, 0.29) is 5.95 Å². The summed E-state index contributed by atoms with van der Waals surface area (Å²) in [5.74, 6) is 2.15. The maximum atomic E-state index is 5.42. The van der Waals surface area contributed by atoms with Crippen LogP contribution in [0.5, 0.6) is 0 Å². The van der Waals surface area contributed by atoms with Crippen molar-refractivity contribution in [3.8, 4) is 11.7 Å². The van der Waals surface area contributed by atoms with Crippen LogP contribution < -0.4 is 5.73 Å². The molecule has 0 amide bonds. The molecule has 1 aliphatic carbocycles. The standard InChI is InChI=1S/C10H14N6O/c11-10-13-8(14-15-10)9-12-7(16-17-9)6-4-2-1-3-5-6/h6H,1-5H2,(H3,11,13,14,15). The summed E-state index contributed by atoms with van der Waals surface area (Å²) < 4.78 is 5.17. The van der Waals surface area contributed by atoms with E-state index in [0.29, 0.717) is 17.6 Å². The van der Waals surface area contributed by atoms with Gasteiger partial charge in [0.1, 0.15) is 0 Å². The number of aromatic amines is 1. The van der Waals surface area contributed by atoms with Crippen LogP contribution in [0.4, 0.5) is 5.95 Å². The molecule has 17 heavy (non-hydrogen) atoms. The summed E-state index contributed by atoms with van der Waals surface area (Å²) in [6.45, 7) is 0. The third-order valence-corrected chi connectivity index (χ3v) is 3.12. The third kappa shape index (κ3) is 2.00. The second-order valence-electron chi connectivity index (χ2n) is 4.33. The van der Waals surface area contributed by atoms with Crippen molar-refractivity contribution in [1.82, 2.24) is 25.3 Å². The lowest BCUT2D eigenvalue weighted by atomic mass is 9.89. The molecule has 0 bridgehead atoms. The highest BCUT2D eigenvalue weighted by Gasteiger charge is 2.22. The lowest BCUT2D eigenvalue weighted by Gasteiger charge is -2.17. The molecule has 2 aromatic heterocycles. The molecule has 0 radical (unpaired) electrons. The minimum Gasteiger partial charge on any atom is -0.366 e. The van der Waals surface area contributed by atoms with Crippen molar-refractivity contribution in [3.63, 3.8) is 0 Å². The van der Waals surface area contributed by atoms with Crippen molar-refractivity contribution in [2.75, 3.05) is 5.73 Å². The quantitative estimate of drug-likeness (QED) is 0.815.